The predicted octanol–water partition coefficient (Wildman–Crippen LogP) is 4.63. The predicted molar refractivity (Wildman–Crippen MR) is 124 cm³/mol. The topological polar surface area (TPSA) is 98.6 Å². The van der Waals surface area contributed by atoms with Gasteiger partial charge in [0.25, 0.3) is 0 Å². The van der Waals surface area contributed by atoms with Gasteiger partial charge >= 0.3 is 0 Å². The molecule has 0 saturated carbocycles. The van der Waals surface area contributed by atoms with Gasteiger partial charge in [-0.15, -0.1) is 10.2 Å². The lowest BCUT2D eigenvalue weighted by atomic mass is 9.99. The summed E-state index contributed by atoms with van der Waals surface area (Å²) in [5.41, 5.74) is 4.62. The van der Waals surface area contributed by atoms with Crippen LogP contribution in [-0.4, -0.2) is 36.0 Å². The van der Waals surface area contributed by atoms with E-state index >= 15 is 0 Å². The standard InChI is InChI=1S/C25H26N6O2/c1-2-7-23-26-21-10-5-6-11-22(32)24(21)31(23)16-33-18-14-12-17(13-15-18)19-8-3-4-9-20(19)25-27-29-30-28-25/h3-4,8-9,12-15H,2,5-7,10-11,16H2,1H3,(H,27,28,29,30). The Morgan fingerprint density at radius 2 is 1.82 bits per heavy atom. The first kappa shape index (κ1) is 21.1. The number of nitrogens with zero attached hydrogens (tertiary/aromatic N) is 5. The number of Topliss-reactive ketones (excluding diaryl/α,β-unsaturated/α-hetero) is 1. The highest BCUT2D eigenvalue weighted by Gasteiger charge is 2.24. The van der Waals surface area contributed by atoms with Gasteiger partial charge in [-0.2, -0.15) is 5.21 Å². The molecule has 0 spiro atoms. The molecule has 0 amide bonds. The normalized spacial score (nSPS) is 13.5. The number of imidazole rings is 1. The number of fused-ring (bicyclic) bond motifs is 1. The van der Waals surface area contributed by atoms with E-state index in [0.717, 1.165) is 71.8 Å². The fraction of sp³-hybridized carbons (Fsp3) is 0.320. The number of hydrogen-bond donors (Lipinski definition) is 1. The first-order valence-electron chi connectivity index (χ1n) is 11.4. The Morgan fingerprint density at radius 1 is 1.03 bits per heavy atom. The lowest BCUT2D eigenvalue weighted by Crippen LogP contribution is -2.16. The van der Waals surface area contributed by atoms with Crippen LogP contribution in [0.15, 0.2) is 48.5 Å². The zero-order valence-corrected chi connectivity index (χ0v) is 18.6. The Hall–Kier alpha value is -3.81. The lowest BCUT2D eigenvalue weighted by Gasteiger charge is -2.13. The molecule has 5 rings (SSSR count). The van der Waals surface area contributed by atoms with Gasteiger partial charge in [0.1, 0.15) is 17.3 Å². The summed E-state index contributed by atoms with van der Waals surface area (Å²) in [4.78, 5) is 17.5. The average Bonchev–Trinajstić information content (AvgIpc) is 3.45. The minimum Gasteiger partial charge on any atom is -0.473 e. The number of aryl methyl sites for hydroxylation is 2. The number of tetrazole rings is 1. The van der Waals surface area contributed by atoms with E-state index in [1.54, 1.807) is 0 Å². The van der Waals surface area contributed by atoms with Crippen molar-refractivity contribution < 1.29 is 9.53 Å². The average molecular weight is 443 g/mol. The summed E-state index contributed by atoms with van der Waals surface area (Å²) in [5.74, 6) is 2.40. The maximum absolute atomic E-state index is 12.8. The molecule has 2 aromatic carbocycles. The van der Waals surface area contributed by atoms with Gasteiger partial charge in [-0.3, -0.25) is 9.36 Å². The van der Waals surface area contributed by atoms with Crippen LogP contribution in [0.4, 0.5) is 0 Å². The zero-order chi connectivity index (χ0) is 22.6. The Labute approximate surface area is 192 Å². The number of ether oxygens (including phenoxy) is 1. The van der Waals surface area contributed by atoms with Crippen LogP contribution in [0.5, 0.6) is 5.75 Å². The van der Waals surface area contributed by atoms with E-state index in [1.807, 2.05) is 53.1 Å². The third-order valence-electron chi connectivity index (χ3n) is 5.96. The molecule has 4 aromatic rings. The lowest BCUT2D eigenvalue weighted by molar-refractivity contribution is 0.0964. The molecule has 0 radical (unpaired) electrons. The van der Waals surface area contributed by atoms with Crippen LogP contribution >= 0.6 is 0 Å². The summed E-state index contributed by atoms with van der Waals surface area (Å²) in [6, 6.07) is 15.9. The number of hydrogen-bond acceptors (Lipinski definition) is 6. The quantitative estimate of drug-likeness (QED) is 0.419. The van der Waals surface area contributed by atoms with Crippen LogP contribution in [0.1, 0.15) is 54.6 Å². The van der Waals surface area contributed by atoms with Gasteiger partial charge in [-0.1, -0.05) is 43.3 Å². The van der Waals surface area contributed by atoms with Crippen molar-refractivity contribution in [2.24, 2.45) is 0 Å². The van der Waals surface area contributed by atoms with Crippen molar-refractivity contribution >= 4 is 5.78 Å². The molecule has 0 saturated heterocycles. The molecule has 0 atom stereocenters. The summed E-state index contributed by atoms with van der Waals surface area (Å²) in [7, 11) is 0. The minimum atomic E-state index is 0.175. The molecule has 168 valence electrons. The summed E-state index contributed by atoms with van der Waals surface area (Å²) in [5, 5.41) is 14.4. The Kier molecular flexibility index (Phi) is 5.97. The van der Waals surface area contributed by atoms with Gasteiger partial charge in [-0.25, -0.2) is 4.98 Å². The van der Waals surface area contributed by atoms with Crippen LogP contribution in [-0.2, 0) is 19.6 Å². The van der Waals surface area contributed by atoms with E-state index in [0.29, 0.717) is 12.2 Å². The smallest absolute Gasteiger partial charge is 0.205 e. The summed E-state index contributed by atoms with van der Waals surface area (Å²) >= 11 is 0. The fourth-order valence-electron chi connectivity index (χ4n) is 4.37. The second-order valence-corrected chi connectivity index (χ2v) is 8.21. The van der Waals surface area contributed by atoms with Crippen molar-refractivity contribution in [2.45, 2.75) is 52.2 Å². The number of aromatic amines is 1. The van der Waals surface area contributed by atoms with Crippen LogP contribution in [0.2, 0.25) is 0 Å². The summed E-state index contributed by atoms with van der Waals surface area (Å²) < 4.78 is 8.10. The molecule has 33 heavy (non-hydrogen) atoms. The largest absolute Gasteiger partial charge is 0.473 e. The minimum absolute atomic E-state index is 0.175. The Bertz CT molecular complexity index is 1240. The number of aromatic nitrogens is 6. The van der Waals surface area contributed by atoms with Crippen molar-refractivity contribution in [1.29, 1.82) is 0 Å². The monoisotopic (exact) mass is 442 g/mol. The van der Waals surface area contributed by atoms with E-state index < -0.39 is 0 Å². The van der Waals surface area contributed by atoms with Crippen molar-refractivity contribution in [1.82, 2.24) is 30.2 Å². The molecule has 2 aromatic heterocycles. The maximum Gasteiger partial charge on any atom is 0.205 e. The molecule has 0 bridgehead atoms. The van der Waals surface area contributed by atoms with E-state index in [1.165, 1.54) is 0 Å². The molecular formula is C25H26N6O2. The molecule has 0 unspecified atom stereocenters. The van der Waals surface area contributed by atoms with Gasteiger partial charge in [0.15, 0.2) is 12.5 Å². The first-order valence-corrected chi connectivity index (χ1v) is 11.4. The summed E-state index contributed by atoms with van der Waals surface area (Å²) in [6.45, 7) is 2.40. The van der Waals surface area contributed by atoms with Crippen LogP contribution < -0.4 is 4.74 Å². The fourth-order valence-corrected chi connectivity index (χ4v) is 4.37. The highest BCUT2D eigenvalue weighted by atomic mass is 16.5. The van der Waals surface area contributed by atoms with E-state index in [-0.39, 0.29) is 12.5 Å². The van der Waals surface area contributed by atoms with Crippen LogP contribution in [0, 0.1) is 0 Å². The van der Waals surface area contributed by atoms with Gasteiger partial charge in [0, 0.05) is 18.4 Å². The van der Waals surface area contributed by atoms with Crippen LogP contribution in [0.3, 0.4) is 0 Å². The molecule has 2 heterocycles. The second-order valence-electron chi connectivity index (χ2n) is 8.21. The maximum atomic E-state index is 12.8. The molecule has 0 aliphatic heterocycles. The molecule has 8 heteroatoms. The number of rotatable bonds is 7. The number of carbonyl (C=O) groups excluding carboxylic acids is 1. The number of ketones is 1. The Morgan fingerprint density at radius 3 is 2.58 bits per heavy atom. The highest BCUT2D eigenvalue weighted by Crippen LogP contribution is 2.31. The number of carbonyl (C=O) groups is 1. The number of H-pyrrole nitrogens is 1. The van der Waals surface area contributed by atoms with Crippen molar-refractivity contribution in [2.75, 3.05) is 0 Å². The number of nitrogens with one attached hydrogen (secondary N) is 1. The zero-order valence-electron chi connectivity index (χ0n) is 18.6. The van der Waals surface area contributed by atoms with E-state index in [9.17, 15) is 4.79 Å². The molecule has 0 fully saturated rings. The third-order valence-corrected chi connectivity index (χ3v) is 5.96. The Balaban J connectivity index is 1.38. The van der Waals surface area contributed by atoms with E-state index in [4.69, 9.17) is 9.72 Å². The van der Waals surface area contributed by atoms with Gasteiger partial charge < -0.3 is 4.74 Å². The van der Waals surface area contributed by atoms with Crippen molar-refractivity contribution in [3.63, 3.8) is 0 Å². The van der Waals surface area contributed by atoms with E-state index in [2.05, 4.69) is 27.5 Å². The van der Waals surface area contributed by atoms with Gasteiger partial charge in [-0.05, 0) is 54.2 Å². The molecule has 8 nitrogen and oxygen atoms in total. The first-order chi connectivity index (χ1) is 16.2. The third kappa shape index (κ3) is 4.28. The highest BCUT2D eigenvalue weighted by molar-refractivity contribution is 5.96. The summed E-state index contributed by atoms with van der Waals surface area (Å²) in [6.07, 6.45) is 5.17. The van der Waals surface area contributed by atoms with Gasteiger partial charge in [0.2, 0.25) is 5.82 Å². The second kappa shape index (κ2) is 9.36. The van der Waals surface area contributed by atoms with Crippen LogP contribution in [0.25, 0.3) is 22.5 Å². The molecule has 1 aliphatic carbocycles. The molecule has 1 aliphatic rings. The SMILES string of the molecule is CCCc1nc2c(n1COc1ccc(-c3ccccc3-c3nn[nH]n3)cc1)C(=O)CCCC2. The number of benzene rings is 2. The van der Waals surface area contributed by atoms with Crippen molar-refractivity contribution in [3.8, 4) is 28.3 Å². The van der Waals surface area contributed by atoms with Gasteiger partial charge in [0.05, 0.1) is 5.69 Å². The van der Waals surface area contributed by atoms with Crippen molar-refractivity contribution in [3.05, 3.63) is 65.7 Å². The molecule has 1 N–H and O–H groups in total. The molecular weight excluding hydrogens is 416 g/mol.